The number of nitrogens with one attached hydrogen (secondary N) is 1. The number of rotatable bonds is 2. The number of hydrogen-bond acceptors (Lipinski definition) is 4. The summed E-state index contributed by atoms with van der Waals surface area (Å²) in [5.41, 5.74) is -0.239. The fraction of sp³-hybridized carbons (Fsp3) is 0.846. The van der Waals surface area contributed by atoms with E-state index in [1.54, 1.807) is 0 Å². The third-order valence-corrected chi connectivity index (χ3v) is 3.25. The van der Waals surface area contributed by atoms with Crippen molar-refractivity contribution < 1.29 is 14.3 Å². The topological polar surface area (TPSA) is 58.6 Å². The Morgan fingerprint density at radius 2 is 2.11 bits per heavy atom. The Hall–Kier alpha value is -1.10. The third kappa shape index (κ3) is 3.45. The van der Waals surface area contributed by atoms with Gasteiger partial charge in [0.2, 0.25) is 5.91 Å². The van der Waals surface area contributed by atoms with E-state index in [0.717, 1.165) is 13.0 Å². The van der Waals surface area contributed by atoms with Crippen molar-refractivity contribution in [3.8, 4) is 0 Å². The van der Waals surface area contributed by atoms with E-state index in [1.807, 2.05) is 32.6 Å². The van der Waals surface area contributed by atoms with Crippen LogP contribution in [-0.2, 0) is 14.3 Å². The molecule has 104 valence electrons. The number of carbonyl (C=O) groups is 2. The van der Waals surface area contributed by atoms with Gasteiger partial charge < -0.3 is 15.0 Å². The van der Waals surface area contributed by atoms with Crippen molar-refractivity contribution in [2.75, 3.05) is 13.7 Å². The average Bonchev–Trinajstić information content (AvgIpc) is 2.37. The summed E-state index contributed by atoms with van der Waals surface area (Å²) in [6.07, 6.45) is 0.981. The van der Waals surface area contributed by atoms with E-state index < -0.39 is 6.04 Å². The largest absolute Gasteiger partial charge is 0.469 e. The molecular formula is C13H24N2O3. The Morgan fingerprint density at radius 3 is 2.61 bits per heavy atom. The zero-order chi connectivity index (χ0) is 13.9. The van der Waals surface area contributed by atoms with Crippen LogP contribution in [-0.4, -0.2) is 48.1 Å². The van der Waals surface area contributed by atoms with Gasteiger partial charge in [-0.2, -0.15) is 0 Å². The lowest BCUT2D eigenvalue weighted by Gasteiger charge is -2.40. The number of ether oxygens (including phenoxy) is 1. The quantitative estimate of drug-likeness (QED) is 0.747. The summed E-state index contributed by atoms with van der Waals surface area (Å²) in [6, 6.07) is -0.297. The molecule has 0 spiro atoms. The second kappa shape index (κ2) is 5.69. The summed E-state index contributed by atoms with van der Waals surface area (Å²) in [7, 11) is 1.34. The summed E-state index contributed by atoms with van der Waals surface area (Å²) in [6.45, 7) is 8.83. The maximum absolute atomic E-state index is 12.5. The molecule has 1 fully saturated rings. The van der Waals surface area contributed by atoms with Gasteiger partial charge in [-0.1, -0.05) is 0 Å². The molecule has 0 aromatic rings. The minimum Gasteiger partial charge on any atom is -0.469 e. The molecule has 1 N–H and O–H groups in total. The van der Waals surface area contributed by atoms with Gasteiger partial charge in [-0.25, -0.2) is 0 Å². The van der Waals surface area contributed by atoms with Crippen molar-refractivity contribution in [1.29, 1.82) is 0 Å². The van der Waals surface area contributed by atoms with Crippen molar-refractivity contribution in [2.24, 2.45) is 0 Å². The Kier molecular flexibility index (Phi) is 4.73. The van der Waals surface area contributed by atoms with Gasteiger partial charge >= 0.3 is 5.97 Å². The van der Waals surface area contributed by atoms with Crippen LogP contribution < -0.4 is 5.32 Å². The van der Waals surface area contributed by atoms with Gasteiger partial charge in [0.15, 0.2) is 0 Å². The second-order valence-electron chi connectivity index (χ2n) is 5.80. The van der Waals surface area contributed by atoms with Crippen LogP contribution in [0.2, 0.25) is 0 Å². The highest BCUT2D eigenvalue weighted by atomic mass is 16.5. The molecule has 0 aliphatic carbocycles. The molecule has 1 aliphatic heterocycles. The molecule has 1 amide bonds. The number of methoxy groups -OCH3 is 1. The predicted molar refractivity (Wildman–Crippen MR) is 69.1 cm³/mol. The van der Waals surface area contributed by atoms with Crippen LogP contribution >= 0.6 is 0 Å². The second-order valence-corrected chi connectivity index (χ2v) is 5.80. The normalized spacial score (nSPS) is 25.8. The number of nitrogens with zero attached hydrogens (tertiary/aromatic N) is 1. The summed E-state index contributed by atoms with van der Waals surface area (Å²) < 4.78 is 4.64. The van der Waals surface area contributed by atoms with E-state index in [4.69, 9.17) is 0 Å². The molecule has 18 heavy (non-hydrogen) atoms. The standard InChI is InChI=1S/C13H24N2O3/c1-9-6-7-14-10(8-11(16)18-5)12(17)15(9)13(2,3)4/h9-10,14H,6-8H2,1-5H3. The van der Waals surface area contributed by atoms with E-state index in [2.05, 4.69) is 10.1 Å². The maximum Gasteiger partial charge on any atom is 0.307 e. The van der Waals surface area contributed by atoms with Gasteiger partial charge in [-0.05, 0) is 40.7 Å². The van der Waals surface area contributed by atoms with Crippen molar-refractivity contribution in [2.45, 2.75) is 58.2 Å². The van der Waals surface area contributed by atoms with Crippen molar-refractivity contribution in [1.82, 2.24) is 10.2 Å². The van der Waals surface area contributed by atoms with Crippen LogP contribution in [0, 0.1) is 0 Å². The molecular weight excluding hydrogens is 232 g/mol. The van der Waals surface area contributed by atoms with Crippen LogP contribution in [0.1, 0.15) is 40.5 Å². The highest BCUT2D eigenvalue weighted by Gasteiger charge is 2.37. The number of hydrogen-bond donors (Lipinski definition) is 1. The SMILES string of the molecule is COC(=O)CC1NCCC(C)N(C(C)(C)C)C1=O. The molecule has 5 nitrogen and oxygen atoms in total. The summed E-state index contributed by atoms with van der Waals surface area (Å²) in [5, 5.41) is 3.14. The summed E-state index contributed by atoms with van der Waals surface area (Å²) >= 11 is 0. The molecule has 1 rings (SSSR count). The van der Waals surface area contributed by atoms with Crippen LogP contribution in [0.25, 0.3) is 0 Å². The first-order valence-corrected chi connectivity index (χ1v) is 6.40. The first kappa shape index (κ1) is 15.0. The minimum atomic E-state index is -0.471. The molecule has 1 saturated heterocycles. The van der Waals surface area contributed by atoms with Gasteiger partial charge in [-0.3, -0.25) is 9.59 Å². The summed E-state index contributed by atoms with van der Waals surface area (Å²) in [4.78, 5) is 25.7. The van der Waals surface area contributed by atoms with E-state index in [0.29, 0.717) is 0 Å². The first-order valence-electron chi connectivity index (χ1n) is 6.40. The lowest BCUT2D eigenvalue weighted by molar-refractivity contribution is -0.147. The predicted octanol–water partition coefficient (Wildman–Crippen LogP) is 0.927. The maximum atomic E-state index is 12.5. The smallest absolute Gasteiger partial charge is 0.307 e. The van der Waals surface area contributed by atoms with Gasteiger partial charge in [0.1, 0.15) is 0 Å². The van der Waals surface area contributed by atoms with Crippen LogP contribution in [0.5, 0.6) is 0 Å². The Balaban J connectivity index is 2.89. The number of esters is 1. The van der Waals surface area contributed by atoms with E-state index >= 15 is 0 Å². The highest BCUT2D eigenvalue weighted by molar-refractivity contribution is 5.87. The van der Waals surface area contributed by atoms with Crippen LogP contribution in [0.4, 0.5) is 0 Å². The fourth-order valence-corrected chi connectivity index (χ4v) is 2.47. The minimum absolute atomic E-state index is 0.0158. The van der Waals surface area contributed by atoms with E-state index in [1.165, 1.54) is 7.11 Å². The molecule has 1 aliphatic rings. The van der Waals surface area contributed by atoms with Gasteiger partial charge in [-0.15, -0.1) is 0 Å². The van der Waals surface area contributed by atoms with Gasteiger partial charge in [0.05, 0.1) is 19.6 Å². The Bertz CT molecular complexity index is 323. The molecule has 2 unspecified atom stereocenters. The molecule has 0 aromatic heterocycles. The molecule has 1 heterocycles. The molecule has 0 bridgehead atoms. The lowest BCUT2D eigenvalue weighted by atomic mass is 10.0. The van der Waals surface area contributed by atoms with Crippen LogP contribution in [0.15, 0.2) is 0 Å². The monoisotopic (exact) mass is 256 g/mol. The third-order valence-electron chi connectivity index (χ3n) is 3.25. The molecule has 2 atom stereocenters. The molecule has 0 radical (unpaired) electrons. The number of amides is 1. The van der Waals surface area contributed by atoms with E-state index in [9.17, 15) is 9.59 Å². The zero-order valence-corrected chi connectivity index (χ0v) is 11.9. The van der Waals surface area contributed by atoms with Gasteiger partial charge in [0, 0.05) is 11.6 Å². The zero-order valence-electron chi connectivity index (χ0n) is 11.9. The highest BCUT2D eigenvalue weighted by Crippen LogP contribution is 2.22. The van der Waals surface area contributed by atoms with Crippen molar-refractivity contribution in [3.63, 3.8) is 0 Å². The number of carbonyl (C=O) groups excluding carboxylic acids is 2. The first-order chi connectivity index (χ1) is 8.27. The summed E-state index contributed by atoms with van der Waals surface area (Å²) in [5.74, 6) is -0.373. The fourth-order valence-electron chi connectivity index (χ4n) is 2.47. The Morgan fingerprint density at radius 1 is 1.50 bits per heavy atom. The molecule has 5 heteroatoms. The average molecular weight is 256 g/mol. The Labute approximate surface area is 109 Å². The molecule has 0 aromatic carbocycles. The molecule has 0 saturated carbocycles. The van der Waals surface area contributed by atoms with E-state index in [-0.39, 0.29) is 29.9 Å². The lowest BCUT2D eigenvalue weighted by Crippen LogP contribution is -2.54. The van der Waals surface area contributed by atoms with Gasteiger partial charge in [0.25, 0.3) is 0 Å². The van der Waals surface area contributed by atoms with Crippen molar-refractivity contribution >= 4 is 11.9 Å². The van der Waals surface area contributed by atoms with Crippen molar-refractivity contribution in [3.05, 3.63) is 0 Å². The van der Waals surface area contributed by atoms with Crippen LogP contribution in [0.3, 0.4) is 0 Å².